The van der Waals surface area contributed by atoms with E-state index < -0.39 is 5.91 Å². The fourth-order valence-electron chi connectivity index (χ4n) is 2.20. The number of nitrogens with two attached hydrogens (primary N) is 1. The standard InChI is InChI=1S/C14H15NO4/c15-14(16)13-8-9-7-11(1-2-12(9)19-13)18-10-3-5-17-6-4-10/h1-2,7-8,10H,3-6H2,(H2,15,16). The van der Waals surface area contributed by atoms with Crippen LogP contribution >= 0.6 is 0 Å². The largest absolute Gasteiger partial charge is 0.490 e. The molecule has 0 bridgehead atoms. The predicted molar refractivity (Wildman–Crippen MR) is 69.2 cm³/mol. The molecule has 5 nitrogen and oxygen atoms in total. The molecule has 0 spiro atoms. The maximum absolute atomic E-state index is 11.1. The highest BCUT2D eigenvalue weighted by atomic mass is 16.5. The van der Waals surface area contributed by atoms with Crippen LogP contribution in [0, 0.1) is 0 Å². The van der Waals surface area contributed by atoms with Gasteiger partial charge < -0.3 is 19.6 Å². The molecule has 2 N–H and O–H groups in total. The summed E-state index contributed by atoms with van der Waals surface area (Å²) in [5.74, 6) is 0.373. The summed E-state index contributed by atoms with van der Waals surface area (Å²) in [5, 5.41) is 0.818. The van der Waals surface area contributed by atoms with Crippen LogP contribution in [-0.4, -0.2) is 25.2 Å². The van der Waals surface area contributed by atoms with E-state index in [4.69, 9.17) is 19.6 Å². The molecule has 2 aromatic rings. The minimum atomic E-state index is -0.567. The predicted octanol–water partition coefficient (Wildman–Crippen LogP) is 2.09. The molecule has 19 heavy (non-hydrogen) atoms. The number of benzene rings is 1. The molecule has 0 saturated carbocycles. The summed E-state index contributed by atoms with van der Waals surface area (Å²) in [6.45, 7) is 1.48. The van der Waals surface area contributed by atoms with Gasteiger partial charge in [0.15, 0.2) is 5.76 Å². The van der Waals surface area contributed by atoms with Crippen molar-refractivity contribution in [2.45, 2.75) is 18.9 Å². The van der Waals surface area contributed by atoms with Crippen LogP contribution in [0.1, 0.15) is 23.4 Å². The Bertz CT molecular complexity index is 599. The number of fused-ring (bicyclic) bond motifs is 1. The van der Waals surface area contributed by atoms with Crippen molar-refractivity contribution in [2.75, 3.05) is 13.2 Å². The third-order valence-corrected chi connectivity index (χ3v) is 3.20. The molecule has 0 radical (unpaired) electrons. The lowest BCUT2D eigenvalue weighted by Crippen LogP contribution is -2.25. The van der Waals surface area contributed by atoms with Gasteiger partial charge in [-0.25, -0.2) is 0 Å². The number of carbonyl (C=O) groups excluding carboxylic acids is 1. The first-order chi connectivity index (χ1) is 9.22. The molecule has 1 aromatic heterocycles. The van der Waals surface area contributed by atoms with Crippen molar-refractivity contribution in [1.29, 1.82) is 0 Å². The molecule has 0 atom stereocenters. The van der Waals surface area contributed by atoms with Crippen molar-refractivity contribution in [3.63, 3.8) is 0 Å². The minimum absolute atomic E-state index is 0.165. The molecule has 0 aliphatic carbocycles. The number of hydrogen-bond acceptors (Lipinski definition) is 4. The van der Waals surface area contributed by atoms with Crippen molar-refractivity contribution in [2.24, 2.45) is 5.73 Å². The highest BCUT2D eigenvalue weighted by Gasteiger charge is 2.16. The number of rotatable bonds is 3. The van der Waals surface area contributed by atoms with Crippen molar-refractivity contribution >= 4 is 16.9 Å². The molecule has 1 aromatic carbocycles. The highest BCUT2D eigenvalue weighted by Crippen LogP contribution is 2.26. The monoisotopic (exact) mass is 261 g/mol. The Balaban J connectivity index is 1.82. The molecule has 1 fully saturated rings. The van der Waals surface area contributed by atoms with Crippen molar-refractivity contribution in [3.05, 3.63) is 30.0 Å². The number of hydrogen-bond donors (Lipinski definition) is 1. The number of furan rings is 1. The topological polar surface area (TPSA) is 74.7 Å². The molecule has 1 aliphatic heterocycles. The van der Waals surface area contributed by atoms with Crippen molar-refractivity contribution in [3.8, 4) is 5.75 Å². The van der Waals surface area contributed by atoms with Crippen LogP contribution < -0.4 is 10.5 Å². The Morgan fingerprint density at radius 1 is 1.26 bits per heavy atom. The Kier molecular flexibility index (Phi) is 3.13. The molecule has 1 amide bonds. The number of amides is 1. The summed E-state index contributed by atoms with van der Waals surface area (Å²) < 4.78 is 16.5. The van der Waals surface area contributed by atoms with E-state index in [1.165, 1.54) is 0 Å². The van der Waals surface area contributed by atoms with Gasteiger partial charge in [-0.3, -0.25) is 4.79 Å². The second kappa shape index (κ2) is 4.93. The summed E-state index contributed by atoms with van der Waals surface area (Å²) >= 11 is 0. The Morgan fingerprint density at radius 2 is 2.05 bits per heavy atom. The van der Waals surface area contributed by atoms with Gasteiger partial charge in [-0.2, -0.15) is 0 Å². The normalized spacial score (nSPS) is 16.6. The van der Waals surface area contributed by atoms with Crippen LogP contribution in [0.25, 0.3) is 11.0 Å². The van der Waals surface area contributed by atoms with Crippen LogP contribution in [0.3, 0.4) is 0 Å². The van der Waals surface area contributed by atoms with Crippen LogP contribution in [-0.2, 0) is 4.74 Å². The zero-order chi connectivity index (χ0) is 13.2. The maximum atomic E-state index is 11.1. The zero-order valence-corrected chi connectivity index (χ0v) is 10.4. The van der Waals surface area contributed by atoms with Gasteiger partial charge in [0.05, 0.1) is 13.2 Å². The molecule has 0 unspecified atom stereocenters. The third kappa shape index (κ3) is 2.56. The van der Waals surface area contributed by atoms with Crippen LogP contribution in [0.4, 0.5) is 0 Å². The van der Waals surface area contributed by atoms with Crippen molar-refractivity contribution < 1.29 is 18.7 Å². The van der Waals surface area contributed by atoms with Crippen LogP contribution in [0.2, 0.25) is 0 Å². The Hall–Kier alpha value is -2.01. The molecule has 5 heteroatoms. The molecule has 1 aliphatic rings. The highest BCUT2D eigenvalue weighted by molar-refractivity contribution is 5.95. The van der Waals surface area contributed by atoms with Gasteiger partial charge in [0.1, 0.15) is 17.4 Å². The molecular formula is C14H15NO4. The van der Waals surface area contributed by atoms with Gasteiger partial charge in [0.25, 0.3) is 5.91 Å². The summed E-state index contributed by atoms with van der Waals surface area (Å²) in [7, 11) is 0. The second-order valence-corrected chi connectivity index (χ2v) is 4.60. The van der Waals surface area contributed by atoms with E-state index >= 15 is 0 Å². The molecular weight excluding hydrogens is 246 g/mol. The molecule has 1 saturated heterocycles. The Labute approximate surface area is 110 Å². The first-order valence-electron chi connectivity index (χ1n) is 6.30. The van der Waals surface area contributed by atoms with Gasteiger partial charge in [-0.15, -0.1) is 0 Å². The number of primary amides is 1. The summed E-state index contributed by atoms with van der Waals surface area (Å²) in [6.07, 6.45) is 1.99. The van der Waals surface area contributed by atoms with E-state index in [0.717, 1.165) is 37.2 Å². The second-order valence-electron chi connectivity index (χ2n) is 4.60. The van der Waals surface area contributed by atoms with Gasteiger partial charge in [-0.1, -0.05) is 0 Å². The quantitative estimate of drug-likeness (QED) is 0.918. The first-order valence-corrected chi connectivity index (χ1v) is 6.30. The minimum Gasteiger partial charge on any atom is -0.490 e. The number of carbonyl (C=O) groups is 1. The lowest BCUT2D eigenvalue weighted by atomic mass is 10.1. The zero-order valence-electron chi connectivity index (χ0n) is 10.4. The summed E-state index contributed by atoms with van der Waals surface area (Å²) in [6, 6.07) is 7.12. The smallest absolute Gasteiger partial charge is 0.284 e. The molecule has 2 heterocycles. The van der Waals surface area contributed by atoms with E-state index in [9.17, 15) is 4.79 Å². The average molecular weight is 261 g/mol. The molecule has 3 rings (SSSR count). The maximum Gasteiger partial charge on any atom is 0.284 e. The van der Waals surface area contributed by atoms with Gasteiger partial charge in [0, 0.05) is 18.2 Å². The summed E-state index contributed by atoms with van der Waals surface area (Å²) in [5.41, 5.74) is 5.82. The van der Waals surface area contributed by atoms with Gasteiger partial charge in [-0.05, 0) is 24.3 Å². The average Bonchev–Trinajstić information content (AvgIpc) is 2.83. The first kappa shape index (κ1) is 12.0. The molecule has 100 valence electrons. The summed E-state index contributed by atoms with van der Waals surface area (Å²) in [4.78, 5) is 11.1. The lowest BCUT2D eigenvalue weighted by molar-refractivity contribution is 0.0256. The van der Waals surface area contributed by atoms with E-state index in [1.807, 2.05) is 12.1 Å². The van der Waals surface area contributed by atoms with Gasteiger partial charge in [0.2, 0.25) is 0 Å². The fraction of sp³-hybridized carbons (Fsp3) is 0.357. The van der Waals surface area contributed by atoms with E-state index in [1.54, 1.807) is 12.1 Å². The third-order valence-electron chi connectivity index (χ3n) is 3.20. The lowest BCUT2D eigenvalue weighted by Gasteiger charge is -2.23. The van der Waals surface area contributed by atoms with E-state index in [-0.39, 0.29) is 11.9 Å². The van der Waals surface area contributed by atoms with Gasteiger partial charge >= 0.3 is 0 Å². The van der Waals surface area contributed by atoms with Crippen LogP contribution in [0.5, 0.6) is 5.75 Å². The van der Waals surface area contributed by atoms with E-state index in [0.29, 0.717) is 5.58 Å². The fourth-order valence-corrected chi connectivity index (χ4v) is 2.20. The number of ether oxygens (including phenoxy) is 2. The Morgan fingerprint density at radius 3 is 2.79 bits per heavy atom. The van der Waals surface area contributed by atoms with Crippen LogP contribution in [0.15, 0.2) is 28.7 Å². The van der Waals surface area contributed by atoms with Crippen molar-refractivity contribution in [1.82, 2.24) is 0 Å². The SMILES string of the molecule is NC(=O)c1cc2cc(OC3CCOCC3)ccc2o1. The van der Waals surface area contributed by atoms with E-state index in [2.05, 4.69) is 0 Å².